The van der Waals surface area contributed by atoms with E-state index in [0.717, 1.165) is 42.6 Å². The molecule has 120 valence electrons. The molecular weight excluding hydrogens is 322 g/mol. The van der Waals surface area contributed by atoms with E-state index in [-0.39, 0.29) is 18.0 Å². The van der Waals surface area contributed by atoms with Gasteiger partial charge in [0.1, 0.15) is 5.75 Å². The minimum Gasteiger partial charge on any atom is -0.495 e. The van der Waals surface area contributed by atoms with Crippen molar-refractivity contribution in [1.82, 2.24) is 10.6 Å². The van der Waals surface area contributed by atoms with Crippen molar-refractivity contribution < 1.29 is 9.53 Å². The van der Waals surface area contributed by atoms with E-state index in [1.807, 2.05) is 18.2 Å². The molecule has 0 bridgehead atoms. The fourth-order valence-electron chi connectivity index (χ4n) is 2.87. The van der Waals surface area contributed by atoms with E-state index in [4.69, 9.17) is 16.3 Å². The second-order valence-corrected chi connectivity index (χ2v) is 6.99. The number of methoxy groups -OCH3 is 1. The standard InChI is InChI=1S/C15H20ClN3O2S/c1-21-14-3-2-10(16)6-13(14)19-5-4-11(7-19)18-15(20)12-8-22-9-17-12/h2-3,6,11-12,17H,4-5,7-9H2,1H3,(H,18,20). The van der Waals surface area contributed by atoms with Crippen LogP contribution in [0.15, 0.2) is 18.2 Å². The first-order valence-electron chi connectivity index (χ1n) is 7.37. The van der Waals surface area contributed by atoms with Crippen LogP contribution in [0.3, 0.4) is 0 Å². The molecule has 7 heteroatoms. The summed E-state index contributed by atoms with van der Waals surface area (Å²) >= 11 is 7.86. The summed E-state index contributed by atoms with van der Waals surface area (Å²) in [4.78, 5) is 14.4. The minimum absolute atomic E-state index is 0.0558. The molecule has 22 heavy (non-hydrogen) atoms. The van der Waals surface area contributed by atoms with Crippen LogP contribution in [0.4, 0.5) is 5.69 Å². The highest BCUT2D eigenvalue weighted by molar-refractivity contribution is 7.99. The third-order valence-corrected chi connectivity index (χ3v) is 5.22. The van der Waals surface area contributed by atoms with Gasteiger partial charge in [-0.2, -0.15) is 0 Å². The first kappa shape index (κ1) is 15.8. The van der Waals surface area contributed by atoms with Crippen LogP contribution in [0.2, 0.25) is 5.02 Å². The molecule has 2 saturated heterocycles. The van der Waals surface area contributed by atoms with Crippen LogP contribution in [0.1, 0.15) is 6.42 Å². The molecule has 2 fully saturated rings. The second kappa shape index (κ2) is 6.98. The number of ether oxygens (including phenoxy) is 1. The Morgan fingerprint density at radius 2 is 2.41 bits per heavy atom. The van der Waals surface area contributed by atoms with E-state index in [0.29, 0.717) is 5.02 Å². The molecule has 2 aliphatic rings. The van der Waals surface area contributed by atoms with Crippen molar-refractivity contribution in [2.24, 2.45) is 0 Å². The number of amides is 1. The number of nitrogens with one attached hydrogen (secondary N) is 2. The molecule has 2 atom stereocenters. The van der Waals surface area contributed by atoms with E-state index in [9.17, 15) is 4.79 Å². The summed E-state index contributed by atoms with van der Waals surface area (Å²) < 4.78 is 5.41. The van der Waals surface area contributed by atoms with Crippen molar-refractivity contribution in [2.45, 2.75) is 18.5 Å². The predicted molar refractivity (Wildman–Crippen MR) is 91.0 cm³/mol. The number of carbonyl (C=O) groups excluding carboxylic acids is 1. The van der Waals surface area contributed by atoms with Crippen LogP contribution in [-0.2, 0) is 4.79 Å². The third kappa shape index (κ3) is 3.45. The van der Waals surface area contributed by atoms with Gasteiger partial charge in [-0.15, -0.1) is 11.8 Å². The summed E-state index contributed by atoms with van der Waals surface area (Å²) in [6, 6.07) is 5.73. The molecule has 5 nitrogen and oxygen atoms in total. The molecule has 2 heterocycles. The summed E-state index contributed by atoms with van der Waals surface area (Å²) in [6.07, 6.45) is 0.932. The molecule has 1 amide bonds. The molecule has 2 N–H and O–H groups in total. The zero-order valence-corrected chi connectivity index (χ0v) is 14.0. The lowest BCUT2D eigenvalue weighted by molar-refractivity contribution is -0.123. The van der Waals surface area contributed by atoms with Gasteiger partial charge in [-0.05, 0) is 24.6 Å². The normalized spacial score (nSPS) is 24.5. The maximum absolute atomic E-state index is 12.2. The second-order valence-electron chi connectivity index (χ2n) is 5.53. The SMILES string of the molecule is COc1ccc(Cl)cc1N1CCC(NC(=O)C2CSCN2)C1. The van der Waals surface area contributed by atoms with Gasteiger partial charge in [-0.1, -0.05) is 11.6 Å². The maximum atomic E-state index is 12.2. The number of hydrogen-bond donors (Lipinski definition) is 2. The number of thioether (sulfide) groups is 1. The van der Waals surface area contributed by atoms with E-state index in [1.54, 1.807) is 18.9 Å². The van der Waals surface area contributed by atoms with Crippen molar-refractivity contribution in [3.05, 3.63) is 23.2 Å². The van der Waals surface area contributed by atoms with E-state index < -0.39 is 0 Å². The Kier molecular flexibility index (Phi) is 5.00. The molecule has 0 aliphatic carbocycles. The predicted octanol–water partition coefficient (Wildman–Crippen LogP) is 1.71. The molecular formula is C15H20ClN3O2S. The fourth-order valence-corrected chi connectivity index (χ4v) is 3.98. The number of halogens is 1. The van der Waals surface area contributed by atoms with Crippen molar-refractivity contribution in [3.63, 3.8) is 0 Å². The Labute approximate surface area is 139 Å². The molecule has 2 unspecified atom stereocenters. The molecule has 0 spiro atoms. The molecule has 1 aromatic carbocycles. The van der Waals surface area contributed by atoms with Crippen LogP contribution in [-0.4, -0.2) is 49.8 Å². The van der Waals surface area contributed by atoms with Gasteiger partial charge >= 0.3 is 0 Å². The smallest absolute Gasteiger partial charge is 0.238 e. The van der Waals surface area contributed by atoms with Gasteiger partial charge in [0.15, 0.2) is 0 Å². The zero-order valence-electron chi connectivity index (χ0n) is 12.5. The Morgan fingerprint density at radius 1 is 1.55 bits per heavy atom. The Hall–Kier alpha value is -1.11. The third-order valence-electron chi connectivity index (χ3n) is 4.05. The lowest BCUT2D eigenvalue weighted by Gasteiger charge is -2.22. The van der Waals surface area contributed by atoms with Crippen LogP contribution in [0.5, 0.6) is 5.75 Å². The fraction of sp³-hybridized carbons (Fsp3) is 0.533. The van der Waals surface area contributed by atoms with Gasteiger partial charge in [0.25, 0.3) is 0 Å². The van der Waals surface area contributed by atoms with Crippen molar-refractivity contribution in [3.8, 4) is 5.75 Å². The quantitative estimate of drug-likeness (QED) is 0.873. The Balaban J connectivity index is 1.62. The lowest BCUT2D eigenvalue weighted by Crippen LogP contribution is -2.47. The number of benzene rings is 1. The molecule has 0 saturated carbocycles. The van der Waals surface area contributed by atoms with E-state index >= 15 is 0 Å². The number of carbonyl (C=O) groups is 1. The van der Waals surface area contributed by atoms with Crippen LogP contribution >= 0.6 is 23.4 Å². The Morgan fingerprint density at radius 3 is 3.14 bits per heavy atom. The van der Waals surface area contributed by atoms with Crippen LogP contribution in [0, 0.1) is 0 Å². The van der Waals surface area contributed by atoms with Gasteiger partial charge in [-0.3, -0.25) is 10.1 Å². The van der Waals surface area contributed by atoms with Crippen molar-refractivity contribution >= 4 is 35.0 Å². The summed E-state index contributed by atoms with van der Waals surface area (Å²) in [5.41, 5.74) is 0.987. The average Bonchev–Trinajstić information content (AvgIpc) is 3.18. The Bertz CT molecular complexity index is 552. The first-order chi connectivity index (χ1) is 10.7. The van der Waals surface area contributed by atoms with Gasteiger partial charge < -0.3 is 15.0 Å². The number of nitrogens with zero attached hydrogens (tertiary/aromatic N) is 1. The highest BCUT2D eigenvalue weighted by Crippen LogP contribution is 2.33. The number of anilines is 1. The largest absolute Gasteiger partial charge is 0.495 e. The first-order valence-corrected chi connectivity index (χ1v) is 8.90. The highest BCUT2D eigenvalue weighted by Gasteiger charge is 2.29. The average molecular weight is 342 g/mol. The molecule has 1 aromatic rings. The van der Waals surface area contributed by atoms with Crippen molar-refractivity contribution in [2.75, 3.05) is 36.7 Å². The van der Waals surface area contributed by atoms with Gasteiger partial charge in [-0.25, -0.2) is 0 Å². The number of rotatable bonds is 4. The highest BCUT2D eigenvalue weighted by atomic mass is 35.5. The summed E-state index contributed by atoms with van der Waals surface area (Å²) in [6.45, 7) is 1.66. The maximum Gasteiger partial charge on any atom is 0.238 e. The molecule has 2 aliphatic heterocycles. The van der Waals surface area contributed by atoms with Crippen molar-refractivity contribution in [1.29, 1.82) is 0 Å². The van der Waals surface area contributed by atoms with Gasteiger partial charge in [0.05, 0.1) is 18.8 Å². The summed E-state index contributed by atoms with van der Waals surface area (Å²) in [5.74, 6) is 2.62. The van der Waals surface area contributed by atoms with Gasteiger partial charge in [0, 0.05) is 35.8 Å². The zero-order chi connectivity index (χ0) is 15.5. The van der Waals surface area contributed by atoms with E-state index in [2.05, 4.69) is 15.5 Å². The van der Waals surface area contributed by atoms with Crippen LogP contribution < -0.4 is 20.3 Å². The van der Waals surface area contributed by atoms with Crippen LogP contribution in [0.25, 0.3) is 0 Å². The van der Waals surface area contributed by atoms with Gasteiger partial charge in [0.2, 0.25) is 5.91 Å². The molecule has 0 radical (unpaired) electrons. The minimum atomic E-state index is -0.0558. The topological polar surface area (TPSA) is 53.6 Å². The number of hydrogen-bond acceptors (Lipinski definition) is 5. The molecule has 0 aromatic heterocycles. The summed E-state index contributed by atoms with van der Waals surface area (Å²) in [5, 5.41) is 7.03. The van der Waals surface area contributed by atoms with E-state index in [1.165, 1.54) is 0 Å². The monoisotopic (exact) mass is 341 g/mol. The lowest BCUT2D eigenvalue weighted by atomic mass is 10.2. The summed E-state index contributed by atoms with van der Waals surface area (Å²) in [7, 11) is 1.66. The molecule has 3 rings (SSSR count).